The number of alkyl halides is 3. The van der Waals surface area contributed by atoms with Crippen LogP contribution in [0.3, 0.4) is 0 Å². The van der Waals surface area contributed by atoms with Crippen molar-refractivity contribution in [2.24, 2.45) is 0 Å². The van der Waals surface area contributed by atoms with Gasteiger partial charge in [0.2, 0.25) is 5.89 Å². The van der Waals surface area contributed by atoms with Crippen LogP contribution < -0.4 is 5.32 Å². The monoisotopic (exact) mass is 265 g/mol. The Balaban J connectivity index is 2.56. The summed E-state index contributed by atoms with van der Waals surface area (Å²) in [6, 6.07) is 0.166. The first-order valence-electron chi connectivity index (χ1n) is 6.06. The smallest absolute Gasteiger partial charge is 0.339 e. The fraction of sp³-hybridized carbons (Fsp3) is 0.818. The quantitative estimate of drug-likeness (QED) is 0.823. The van der Waals surface area contributed by atoms with E-state index in [9.17, 15) is 13.2 Å². The van der Waals surface area contributed by atoms with Crippen LogP contribution in [0.1, 0.15) is 38.4 Å². The Bertz CT molecular complexity index is 346. The van der Waals surface area contributed by atoms with Crippen LogP contribution >= 0.6 is 0 Å². The fourth-order valence-corrected chi connectivity index (χ4v) is 1.75. The van der Waals surface area contributed by atoms with E-state index in [-0.39, 0.29) is 17.8 Å². The van der Waals surface area contributed by atoms with Crippen LogP contribution in [0.4, 0.5) is 13.2 Å². The first kappa shape index (κ1) is 14.9. The normalized spacial score (nSPS) is 13.8. The molecule has 0 aliphatic rings. The number of hydrogen-bond acceptors (Lipinski definition) is 4. The zero-order valence-corrected chi connectivity index (χ0v) is 10.5. The van der Waals surface area contributed by atoms with Gasteiger partial charge in [0, 0.05) is 12.5 Å². The summed E-state index contributed by atoms with van der Waals surface area (Å²) in [5, 5.41) is 6.58. The maximum atomic E-state index is 12.1. The summed E-state index contributed by atoms with van der Waals surface area (Å²) in [5.41, 5.74) is 0. The van der Waals surface area contributed by atoms with Gasteiger partial charge in [-0.1, -0.05) is 25.4 Å². The number of aromatic nitrogens is 2. The largest absolute Gasteiger partial charge is 0.396 e. The number of nitrogens with zero attached hydrogens (tertiary/aromatic N) is 2. The fourth-order valence-electron chi connectivity index (χ4n) is 1.75. The van der Waals surface area contributed by atoms with Gasteiger partial charge in [0.15, 0.2) is 5.82 Å². The van der Waals surface area contributed by atoms with Gasteiger partial charge >= 0.3 is 6.18 Å². The van der Waals surface area contributed by atoms with Gasteiger partial charge < -0.3 is 9.84 Å². The summed E-state index contributed by atoms with van der Waals surface area (Å²) in [4.78, 5) is 3.76. The van der Waals surface area contributed by atoms with Gasteiger partial charge in [-0.15, -0.1) is 0 Å². The lowest BCUT2D eigenvalue weighted by atomic mass is 10.1. The molecule has 18 heavy (non-hydrogen) atoms. The predicted molar refractivity (Wildman–Crippen MR) is 60.1 cm³/mol. The highest BCUT2D eigenvalue weighted by Crippen LogP contribution is 2.19. The van der Waals surface area contributed by atoms with Crippen molar-refractivity contribution in [3.63, 3.8) is 0 Å². The third kappa shape index (κ3) is 5.48. The molecule has 1 N–H and O–H groups in total. The van der Waals surface area contributed by atoms with Crippen molar-refractivity contribution in [1.29, 1.82) is 0 Å². The first-order valence-corrected chi connectivity index (χ1v) is 6.06. The number of likely N-dealkylation sites (N-methyl/N-ethyl adjacent to an activating group) is 1. The van der Waals surface area contributed by atoms with Crippen LogP contribution in [-0.4, -0.2) is 28.9 Å². The van der Waals surface area contributed by atoms with Gasteiger partial charge in [-0.3, -0.25) is 0 Å². The number of halogens is 3. The van der Waals surface area contributed by atoms with Crippen LogP contribution in [0.5, 0.6) is 0 Å². The summed E-state index contributed by atoms with van der Waals surface area (Å²) >= 11 is 0. The average Bonchev–Trinajstić information content (AvgIpc) is 2.63. The summed E-state index contributed by atoms with van der Waals surface area (Å²) in [6.45, 7) is 4.83. The van der Waals surface area contributed by atoms with Gasteiger partial charge in [0.25, 0.3) is 0 Å². The number of hydrogen-bond donors (Lipinski definition) is 1. The highest BCUT2D eigenvalue weighted by Gasteiger charge is 2.30. The first-order chi connectivity index (χ1) is 8.44. The number of rotatable bonds is 7. The van der Waals surface area contributed by atoms with Crippen molar-refractivity contribution in [2.75, 3.05) is 6.54 Å². The van der Waals surface area contributed by atoms with Gasteiger partial charge in [-0.25, -0.2) is 0 Å². The maximum absolute atomic E-state index is 12.1. The minimum Gasteiger partial charge on any atom is -0.339 e. The Hall–Kier alpha value is -1.11. The van der Waals surface area contributed by atoms with Gasteiger partial charge in [0.1, 0.15) is 6.42 Å². The molecule has 1 heterocycles. The van der Waals surface area contributed by atoms with Crippen LogP contribution in [0, 0.1) is 0 Å². The maximum Gasteiger partial charge on any atom is 0.396 e. The van der Waals surface area contributed by atoms with Crippen molar-refractivity contribution in [1.82, 2.24) is 15.5 Å². The molecule has 1 aromatic heterocycles. The van der Waals surface area contributed by atoms with Gasteiger partial charge in [-0.05, 0) is 13.0 Å². The number of nitrogens with one attached hydrogen (secondary N) is 1. The van der Waals surface area contributed by atoms with E-state index < -0.39 is 12.6 Å². The summed E-state index contributed by atoms with van der Waals surface area (Å²) in [5.74, 6) is -0.0436. The molecular weight excluding hydrogens is 247 g/mol. The van der Waals surface area contributed by atoms with E-state index in [1.165, 1.54) is 0 Å². The molecule has 104 valence electrons. The standard InChI is InChI=1S/C11H18F3N3O/c1-3-5-8(15-4-2)6-10-16-9(17-18-10)7-11(12,13)14/h8,15H,3-7H2,1-2H3. The van der Waals surface area contributed by atoms with E-state index >= 15 is 0 Å². The van der Waals surface area contributed by atoms with E-state index in [1.54, 1.807) is 0 Å². The Morgan fingerprint density at radius 1 is 1.33 bits per heavy atom. The topological polar surface area (TPSA) is 51.0 Å². The van der Waals surface area contributed by atoms with E-state index in [4.69, 9.17) is 4.52 Å². The third-order valence-corrected chi connectivity index (χ3v) is 2.42. The molecule has 0 amide bonds. The van der Waals surface area contributed by atoms with Crippen molar-refractivity contribution in [3.05, 3.63) is 11.7 Å². The van der Waals surface area contributed by atoms with Gasteiger partial charge in [-0.2, -0.15) is 18.2 Å². The highest BCUT2D eigenvalue weighted by molar-refractivity contribution is 4.91. The Morgan fingerprint density at radius 3 is 2.61 bits per heavy atom. The van der Waals surface area contributed by atoms with Crippen molar-refractivity contribution in [2.45, 2.75) is 51.7 Å². The van der Waals surface area contributed by atoms with Crippen LogP contribution in [0.15, 0.2) is 4.52 Å². The molecule has 0 spiro atoms. The molecule has 0 aliphatic heterocycles. The van der Waals surface area contributed by atoms with E-state index in [0.29, 0.717) is 6.42 Å². The van der Waals surface area contributed by atoms with Crippen LogP contribution in [-0.2, 0) is 12.8 Å². The Kier molecular flexibility index (Phi) is 5.58. The second kappa shape index (κ2) is 6.72. The average molecular weight is 265 g/mol. The molecule has 0 saturated carbocycles. The van der Waals surface area contributed by atoms with Gasteiger partial charge in [0.05, 0.1) is 0 Å². The minimum atomic E-state index is -4.30. The van der Waals surface area contributed by atoms with Crippen LogP contribution in [0.25, 0.3) is 0 Å². The Labute approximate surface area is 104 Å². The lowest BCUT2D eigenvalue weighted by Gasteiger charge is -2.14. The third-order valence-electron chi connectivity index (χ3n) is 2.42. The highest BCUT2D eigenvalue weighted by atomic mass is 19.4. The SMILES string of the molecule is CCCC(Cc1nc(CC(F)(F)F)no1)NCC. The summed E-state index contributed by atoms with van der Waals surface area (Å²) in [7, 11) is 0. The molecule has 1 aromatic rings. The van der Waals surface area contributed by atoms with E-state index in [0.717, 1.165) is 19.4 Å². The van der Waals surface area contributed by atoms with E-state index in [1.807, 2.05) is 13.8 Å². The molecule has 0 fully saturated rings. The predicted octanol–water partition coefficient (Wildman–Crippen LogP) is 2.50. The second-order valence-corrected chi connectivity index (χ2v) is 4.14. The molecule has 0 bridgehead atoms. The molecule has 0 aromatic carbocycles. The lowest BCUT2D eigenvalue weighted by Crippen LogP contribution is -2.30. The molecule has 0 aliphatic carbocycles. The molecular formula is C11H18F3N3O. The van der Waals surface area contributed by atoms with Crippen molar-refractivity contribution >= 4 is 0 Å². The lowest BCUT2D eigenvalue weighted by molar-refractivity contribution is -0.128. The molecule has 4 nitrogen and oxygen atoms in total. The molecule has 1 atom stereocenters. The molecule has 1 unspecified atom stereocenters. The van der Waals surface area contributed by atoms with Crippen molar-refractivity contribution in [3.8, 4) is 0 Å². The second-order valence-electron chi connectivity index (χ2n) is 4.14. The zero-order chi connectivity index (χ0) is 13.6. The molecule has 1 rings (SSSR count). The summed E-state index contributed by atoms with van der Waals surface area (Å²) < 4.78 is 41.2. The molecule has 0 radical (unpaired) electrons. The Morgan fingerprint density at radius 2 is 2.06 bits per heavy atom. The summed E-state index contributed by atoms with van der Waals surface area (Å²) in [6.07, 6.45) is -3.07. The van der Waals surface area contributed by atoms with Crippen molar-refractivity contribution < 1.29 is 17.7 Å². The molecule has 7 heteroatoms. The van der Waals surface area contributed by atoms with E-state index in [2.05, 4.69) is 15.5 Å². The zero-order valence-electron chi connectivity index (χ0n) is 10.5. The molecule has 0 saturated heterocycles. The van der Waals surface area contributed by atoms with Crippen LogP contribution in [0.2, 0.25) is 0 Å². The minimum absolute atomic E-state index is 0.166.